The van der Waals surface area contributed by atoms with Crippen molar-refractivity contribution in [3.8, 4) is 17.0 Å². The largest absolute Gasteiger partial charge is 0.480 e. The van der Waals surface area contributed by atoms with Gasteiger partial charge in [-0.15, -0.1) is 0 Å². The van der Waals surface area contributed by atoms with Gasteiger partial charge in [-0.25, -0.2) is 0 Å². The summed E-state index contributed by atoms with van der Waals surface area (Å²) in [4.78, 5) is 35.3. The first-order chi connectivity index (χ1) is 16.0. The Morgan fingerprint density at radius 2 is 1.85 bits per heavy atom. The van der Waals surface area contributed by atoms with E-state index in [1.807, 2.05) is 38.5 Å². The third-order valence-electron chi connectivity index (χ3n) is 6.32. The topological polar surface area (TPSA) is 109 Å². The summed E-state index contributed by atoms with van der Waals surface area (Å²) in [5.41, 5.74) is 4.31. The van der Waals surface area contributed by atoms with Crippen LogP contribution in [0.5, 0.6) is 5.88 Å². The lowest BCUT2D eigenvalue weighted by Gasteiger charge is -2.29. The van der Waals surface area contributed by atoms with Gasteiger partial charge in [0.2, 0.25) is 17.7 Å². The third-order valence-corrected chi connectivity index (χ3v) is 6.32. The number of fused-ring (bicyclic) bond motifs is 2. The number of methoxy groups -OCH3 is 1. The van der Waals surface area contributed by atoms with Crippen molar-refractivity contribution >= 4 is 33.9 Å². The maximum atomic E-state index is 12.2. The number of rotatable bonds is 5. The summed E-state index contributed by atoms with van der Waals surface area (Å²) in [6.07, 6.45) is 8.83. The molecule has 1 amide bonds. The molecule has 0 saturated heterocycles. The first kappa shape index (κ1) is 21.1. The predicted octanol–water partition coefficient (Wildman–Crippen LogP) is 3.64. The Kier molecular flexibility index (Phi) is 5.53. The standard InChI is InChI=1S/C24H27N7O2/c1-31(2)23(32)14-4-7-16(8-5-14)28-24-29-21-20(22(30-24)33-3)17(13-27-21)15-6-9-18-19(12-15)26-11-10-25-18/h6,9-14,16H,4-5,7-8H2,1-3H3,(H2,27,28,29,30). The van der Waals surface area contributed by atoms with E-state index in [4.69, 9.17) is 9.72 Å². The van der Waals surface area contributed by atoms with E-state index < -0.39 is 0 Å². The summed E-state index contributed by atoms with van der Waals surface area (Å²) in [7, 11) is 5.25. The van der Waals surface area contributed by atoms with Crippen LogP contribution in [-0.2, 0) is 4.79 Å². The van der Waals surface area contributed by atoms with E-state index >= 15 is 0 Å². The van der Waals surface area contributed by atoms with E-state index in [9.17, 15) is 4.79 Å². The molecule has 0 spiro atoms. The molecule has 0 radical (unpaired) electrons. The van der Waals surface area contributed by atoms with Crippen molar-refractivity contribution in [2.24, 2.45) is 5.92 Å². The van der Waals surface area contributed by atoms with Gasteiger partial charge >= 0.3 is 0 Å². The number of nitrogens with one attached hydrogen (secondary N) is 2. The van der Waals surface area contributed by atoms with E-state index in [2.05, 4.69) is 25.3 Å². The molecule has 3 aromatic heterocycles. The Balaban J connectivity index is 1.40. The van der Waals surface area contributed by atoms with Gasteiger partial charge in [0.05, 0.1) is 23.5 Å². The number of anilines is 1. The lowest BCUT2D eigenvalue weighted by atomic mass is 9.85. The van der Waals surface area contributed by atoms with Gasteiger partial charge in [-0.2, -0.15) is 9.97 Å². The Hall–Kier alpha value is -3.75. The summed E-state index contributed by atoms with van der Waals surface area (Å²) < 4.78 is 5.65. The second-order valence-electron chi connectivity index (χ2n) is 8.67. The van der Waals surface area contributed by atoms with Gasteiger partial charge in [0.15, 0.2) is 0 Å². The normalized spacial score (nSPS) is 18.4. The van der Waals surface area contributed by atoms with Gasteiger partial charge in [-0.3, -0.25) is 14.8 Å². The van der Waals surface area contributed by atoms with Crippen LogP contribution in [0.1, 0.15) is 25.7 Å². The van der Waals surface area contributed by atoms with Crippen LogP contribution < -0.4 is 10.1 Å². The molecule has 3 heterocycles. The fraction of sp³-hybridized carbons (Fsp3) is 0.375. The number of nitrogens with zero attached hydrogens (tertiary/aromatic N) is 5. The van der Waals surface area contributed by atoms with Gasteiger partial charge in [0.25, 0.3) is 0 Å². The fourth-order valence-corrected chi connectivity index (χ4v) is 4.60. The monoisotopic (exact) mass is 445 g/mol. The smallest absolute Gasteiger partial charge is 0.228 e. The Morgan fingerprint density at radius 3 is 2.58 bits per heavy atom. The van der Waals surface area contributed by atoms with Gasteiger partial charge in [0, 0.05) is 50.2 Å². The summed E-state index contributed by atoms with van der Waals surface area (Å²) in [5.74, 6) is 1.36. The number of H-pyrrole nitrogens is 1. The van der Waals surface area contributed by atoms with Crippen LogP contribution in [0, 0.1) is 5.92 Å². The minimum atomic E-state index is 0.105. The van der Waals surface area contributed by atoms with Gasteiger partial charge in [0.1, 0.15) is 5.65 Å². The molecule has 1 aliphatic rings. The van der Waals surface area contributed by atoms with Crippen LogP contribution in [0.3, 0.4) is 0 Å². The Bertz CT molecular complexity index is 1310. The van der Waals surface area contributed by atoms with Crippen LogP contribution in [0.15, 0.2) is 36.8 Å². The highest BCUT2D eigenvalue weighted by molar-refractivity contribution is 5.99. The zero-order chi connectivity index (χ0) is 22.9. The highest BCUT2D eigenvalue weighted by Gasteiger charge is 2.28. The summed E-state index contributed by atoms with van der Waals surface area (Å²) in [6.45, 7) is 0. The number of benzene rings is 1. The zero-order valence-electron chi connectivity index (χ0n) is 19.0. The van der Waals surface area contributed by atoms with Gasteiger partial charge < -0.3 is 19.9 Å². The lowest BCUT2D eigenvalue weighted by molar-refractivity contribution is -0.133. The first-order valence-corrected chi connectivity index (χ1v) is 11.2. The number of amides is 1. The van der Waals surface area contributed by atoms with Crippen LogP contribution in [0.4, 0.5) is 5.95 Å². The van der Waals surface area contributed by atoms with Crippen LogP contribution in [0.2, 0.25) is 0 Å². The lowest BCUT2D eigenvalue weighted by Crippen LogP contribution is -2.35. The molecule has 1 fully saturated rings. The van der Waals surface area contributed by atoms with Crippen molar-refractivity contribution in [1.82, 2.24) is 29.8 Å². The molecular weight excluding hydrogens is 418 g/mol. The number of aromatic nitrogens is 5. The van der Waals surface area contributed by atoms with Crippen LogP contribution in [-0.4, -0.2) is 63.0 Å². The van der Waals surface area contributed by atoms with Gasteiger partial charge in [-0.05, 0) is 43.4 Å². The second kappa shape index (κ2) is 8.65. The number of carbonyl (C=O) groups excluding carboxylic acids is 1. The van der Waals surface area contributed by atoms with Crippen LogP contribution >= 0.6 is 0 Å². The van der Waals surface area contributed by atoms with E-state index in [1.54, 1.807) is 24.4 Å². The maximum absolute atomic E-state index is 12.2. The highest BCUT2D eigenvalue weighted by Crippen LogP contribution is 2.35. The summed E-state index contributed by atoms with van der Waals surface area (Å²) in [6, 6.07) is 6.20. The minimum absolute atomic E-state index is 0.105. The van der Waals surface area contributed by atoms with Crippen molar-refractivity contribution in [2.45, 2.75) is 31.7 Å². The summed E-state index contributed by atoms with van der Waals surface area (Å²) in [5, 5.41) is 4.27. The minimum Gasteiger partial charge on any atom is -0.480 e. The SMILES string of the molecule is COc1nc(NC2CCC(C(=O)N(C)C)CC2)nc2[nH]cc(-c3ccc4nccnc4c3)c12. The average Bonchev–Trinajstić information content (AvgIpc) is 3.27. The molecule has 0 aliphatic heterocycles. The number of carbonyl (C=O) groups is 1. The van der Waals surface area contributed by atoms with Crippen LogP contribution in [0.25, 0.3) is 33.2 Å². The number of aromatic amines is 1. The maximum Gasteiger partial charge on any atom is 0.228 e. The van der Waals surface area contributed by atoms with Crippen molar-refractivity contribution in [1.29, 1.82) is 0 Å². The number of ether oxygens (including phenoxy) is 1. The molecule has 4 aromatic rings. The molecule has 1 saturated carbocycles. The molecule has 170 valence electrons. The van der Waals surface area contributed by atoms with E-state index in [-0.39, 0.29) is 17.9 Å². The molecular formula is C24H27N7O2. The molecule has 9 nitrogen and oxygen atoms in total. The number of hydrogen-bond donors (Lipinski definition) is 2. The molecule has 0 unspecified atom stereocenters. The van der Waals surface area contributed by atoms with Crippen molar-refractivity contribution < 1.29 is 9.53 Å². The van der Waals surface area contributed by atoms with Crippen molar-refractivity contribution in [3.05, 3.63) is 36.8 Å². The molecule has 0 bridgehead atoms. The quantitative estimate of drug-likeness (QED) is 0.483. The van der Waals surface area contributed by atoms with E-state index in [0.717, 1.165) is 53.2 Å². The number of hydrogen-bond acceptors (Lipinski definition) is 7. The molecule has 33 heavy (non-hydrogen) atoms. The zero-order valence-corrected chi connectivity index (χ0v) is 19.0. The molecule has 1 aromatic carbocycles. The predicted molar refractivity (Wildman–Crippen MR) is 127 cm³/mol. The third kappa shape index (κ3) is 4.06. The van der Waals surface area contributed by atoms with Crippen molar-refractivity contribution in [3.63, 3.8) is 0 Å². The Morgan fingerprint density at radius 1 is 1.09 bits per heavy atom. The van der Waals surface area contributed by atoms with Gasteiger partial charge in [-0.1, -0.05) is 6.07 Å². The van der Waals surface area contributed by atoms with E-state index in [0.29, 0.717) is 17.5 Å². The average molecular weight is 446 g/mol. The van der Waals surface area contributed by atoms with E-state index in [1.165, 1.54) is 0 Å². The first-order valence-electron chi connectivity index (χ1n) is 11.2. The molecule has 2 N–H and O–H groups in total. The highest BCUT2D eigenvalue weighted by atomic mass is 16.5. The molecule has 0 atom stereocenters. The fourth-order valence-electron chi connectivity index (χ4n) is 4.60. The second-order valence-corrected chi connectivity index (χ2v) is 8.67. The summed E-state index contributed by atoms with van der Waals surface area (Å²) >= 11 is 0. The molecule has 1 aliphatic carbocycles. The molecule has 5 rings (SSSR count). The molecule has 9 heteroatoms. The Labute approximate surface area is 191 Å². The van der Waals surface area contributed by atoms with Crippen molar-refractivity contribution in [2.75, 3.05) is 26.5 Å².